The lowest BCUT2D eigenvalue weighted by molar-refractivity contribution is 0.102. The Balaban J connectivity index is 1.55. The van der Waals surface area contributed by atoms with Crippen molar-refractivity contribution in [3.63, 3.8) is 0 Å². The van der Waals surface area contributed by atoms with Gasteiger partial charge >= 0.3 is 0 Å². The van der Waals surface area contributed by atoms with Crippen molar-refractivity contribution in [1.29, 1.82) is 0 Å². The monoisotopic (exact) mass is 417 g/mol. The normalized spacial score (nSPS) is 11.2. The maximum absolute atomic E-state index is 12.7. The van der Waals surface area contributed by atoms with Gasteiger partial charge in [0.15, 0.2) is 0 Å². The Kier molecular flexibility index (Phi) is 5.20. The van der Waals surface area contributed by atoms with Gasteiger partial charge in [0.25, 0.3) is 15.9 Å². The van der Waals surface area contributed by atoms with Gasteiger partial charge in [-0.15, -0.1) is 0 Å². The third-order valence-corrected chi connectivity index (χ3v) is 5.95. The van der Waals surface area contributed by atoms with Crippen LogP contribution in [-0.2, 0) is 10.0 Å². The summed E-state index contributed by atoms with van der Waals surface area (Å²) in [7, 11) is -3.82. The molecule has 0 saturated carbocycles. The molecule has 30 heavy (non-hydrogen) atoms. The summed E-state index contributed by atoms with van der Waals surface area (Å²) in [5, 5.41) is 3.70. The van der Waals surface area contributed by atoms with E-state index in [1.165, 1.54) is 12.1 Å². The Hall–Kier alpha value is -3.71. The van der Waals surface area contributed by atoms with Gasteiger partial charge < -0.3 is 5.32 Å². The first kappa shape index (κ1) is 19.6. The molecule has 3 aromatic carbocycles. The zero-order valence-electron chi connectivity index (χ0n) is 16.2. The number of aryl methyl sites for hydroxylation is 1. The molecule has 0 atom stereocenters. The summed E-state index contributed by atoms with van der Waals surface area (Å²) >= 11 is 0. The molecule has 0 aliphatic heterocycles. The van der Waals surface area contributed by atoms with Crippen LogP contribution in [0.4, 0.5) is 11.4 Å². The number of nitrogens with one attached hydrogen (secondary N) is 2. The van der Waals surface area contributed by atoms with Gasteiger partial charge in [0.2, 0.25) is 0 Å². The molecule has 4 rings (SSSR count). The van der Waals surface area contributed by atoms with Gasteiger partial charge in [-0.25, -0.2) is 8.42 Å². The number of pyridine rings is 1. The molecule has 150 valence electrons. The molecule has 1 amide bonds. The van der Waals surface area contributed by atoms with Crippen LogP contribution in [0.2, 0.25) is 0 Å². The van der Waals surface area contributed by atoms with Crippen LogP contribution in [-0.4, -0.2) is 19.3 Å². The number of carbonyl (C=O) groups excluding carboxylic acids is 1. The summed E-state index contributed by atoms with van der Waals surface area (Å²) in [6.07, 6.45) is 1.71. The highest BCUT2D eigenvalue weighted by Crippen LogP contribution is 2.20. The van der Waals surface area contributed by atoms with Crippen LogP contribution >= 0.6 is 0 Å². The van der Waals surface area contributed by atoms with Crippen LogP contribution in [0.15, 0.2) is 90.0 Å². The summed E-state index contributed by atoms with van der Waals surface area (Å²) in [5.74, 6) is -0.398. The third-order valence-electron chi connectivity index (χ3n) is 4.57. The molecule has 4 aromatic rings. The lowest BCUT2D eigenvalue weighted by Crippen LogP contribution is -2.16. The van der Waals surface area contributed by atoms with Crippen LogP contribution in [0, 0.1) is 6.92 Å². The van der Waals surface area contributed by atoms with E-state index in [0.717, 1.165) is 16.5 Å². The number of carbonyl (C=O) groups is 1. The van der Waals surface area contributed by atoms with Crippen LogP contribution in [0.3, 0.4) is 0 Å². The van der Waals surface area contributed by atoms with E-state index in [-0.39, 0.29) is 10.5 Å². The van der Waals surface area contributed by atoms with E-state index in [0.29, 0.717) is 11.4 Å². The van der Waals surface area contributed by atoms with Gasteiger partial charge in [-0.1, -0.05) is 29.8 Å². The first-order valence-corrected chi connectivity index (χ1v) is 10.7. The van der Waals surface area contributed by atoms with Crippen LogP contribution < -0.4 is 10.0 Å². The molecule has 1 heterocycles. The second-order valence-corrected chi connectivity index (χ2v) is 8.55. The molecule has 0 aliphatic carbocycles. The predicted molar refractivity (Wildman–Crippen MR) is 118 cm³/mol. The number of fused-ring (bicyclic) bond motifs is 1. The number of nitrogens with zero attached hydrogens (tertiary/aromatic N) is 1. The molecule has 2 N–H and O–H groups in total. The molecule has 7 heteroatoms. The molecule has 0 fully saturated rings. The fourth-order valence-electron chi connectivity index (χ4n) is 3.00. The first-order valence-electron chi connectivity index (χ1n) is 9.26. The van der Waals surface area contributed by atoms with Gasteiger partial charge in [0, 0.05) is 28.5 Å². The summed E-state index contributed by atoms with van der Waals surface area (Å²) in [6.45, 7) is 1.92. The number of sulfonamides is 1. The summed E-state index contributed by atoms with van der Waals surface area (Å²) in [6, 6.07) is 22.1. The van der Waals surface area contributed by atoms with Crippen molar-refractivity contribution >= 4 is 38.2 Å². The van der Waals surface area contributed by atoms with Crippen LogP contribution in [0.25, 0.3) is 10.9 Å². The minimum absolute atomic E-state index is 0.0124. The number of benzene rings is 3. The van der Waals surface area contributed by atoms with Crippen LogP contribution in [0.5, 0.6) is 0 Å². The topological polar surface area (TPSA) is 88.2 Å². The van der Waals surface area contributed by atoms with E-state index in [2.05, 4.69) is 15.0 Å². The van der Waals surface area contributed by atoms with Gasteiger partial charge in [0.1, 0.15) is 0 Å². The first-order chi connectivity index (χ1) is 14.4. The Morgan fingerprint density at radius 2 is 1.63 bits per heavy atom. The lowest BCUT2D eigenvalue weighted by Gasteiger charge is -2.10. The van der Waals surface area contributed by atoms with E-state index >= 15 is 0 Å². The molecule has 1 aromatic heterocycles. The number of amides is 1. The number of anilines is 2. The van der Waals surface area contributed by atoms with E-state index in [9.17, 15) is 13.2 Å². The van der Waals surface area contributed by atoms with Crippen molar-refractivity contribution in [3.8, 4) is 0 Å². The zero-order valence-corrected chi connectivity index (χ0v) is 17.0. The minimum Gasteiger partial charge on any atom is -0.322 e. The Morgan fingerprint density at radius 3 is 2.43 bits per heavy atom. The molecule has 0 bridgehead atoms. The van der Waals surface area contributed by atoms with Gasteiger partial charge in [-0.05, 0) is 61.5 Å². The highest BCUT2D eigenvalue weighted by molar-refractivity contribution is 7.92. The number of aromatic nitrogens is 1. The van der Waals surface area contributed by atoms with Crippen molar-refractivity contribution in [3.05, 3.63) is 96.2 Å². The van der Waals surface area contributed by atoms with Crippen molar-refractivity contribution in [2.45, 2.75) is 11.8 Å². The summed E-state index contributed by atoms with van der Waals surface area (Å²) in [4.78, 5) is 16.9. The molecular formula is C23H19N3O3S. The van der Waals surface area contributed by atoms with E-state index < -0.39 is 15.9 Å². The second kappa shape index (κ2) is 7.96. The van der Waals surface area contributed by atoms with Gasteiger partial charge in [-0.3, -0.25) is 14.5 Å². The number of hydrogen-bond donors (Lipinski definition) is 2. The fraction of sp³-hybridized carbons (Fsp3) is 0.0435. The highest BCUT2D eigenvalue weighted by Gasteiger charge is 2.17. The standard InChI is InChI=1S/C23H19N3O3S/c1-16-7-9-19(10-8-16)26-30(28,29)21-6-2-4-18(15-21)23(27)25-20-11-12-22-17(14-20)5-3-13-24-22/h2-15,26H,1H3,(H,25,27). The Bertz CT molecular complexity index is 1330. The maximum atomic E-state index is 12.7. The molecule has 0 radical (unpaired) electrons. The van der Waals surface area contributed by atoms with Gasteiger partial charge in [0.05, 0.1) is 10.4 Å². The Morgan fingerprint density at radius 1 is 0.867 bits per heavy atom. The number of hydrogen-bond acceptors (Lipinski definition) is 4. The summed E-state index contributed by atoms with van der Waals surface area (Å²) in [5.41, 5.74) is 3.16. The molecule has 0 saturated heterocycles. The predicted octanol–water partition coefficient (Wildman–Crippen LogP) is 4.60. The van der Waals surface area contributed by atoms with Gasteiger partial charge in [-0.2, -0.15) is 0 Å². The van der Waals surface area contributed by atoms with Crippen molar-refractivity contribution < 1.29 is 13.2 Å². The summed E-state index contributed by atoms with van der Waals surface area (Å²) < 4.78 is 28.0. The fourth-order valence-corrected chi connectivity index (χ4v) is 4.10. The SMILES string of the molecule is Cc1ccc(NS(=O)(=O)c2cccc(C(=O)Nc3ccc4ncccc4c3)c2)cc1. The largest absolute Gasteiger partial charge is 0.322 e. The number of rotatable bonds is 5. The zero-order chi connectivity index (χ0) is 21.1. The highest BCUT2D eigenvalue weighted by atomic mass is 32.2. The van der Waals surface area contributed by atoms with E-state index in [1.54, 1.807) is 36.5 Å². The Labute approximate surface area is 174 Å². The third kappa shape index (κ3) is 4.31. The van der Waals surface area contributed by atoms with E-state index in [4.69, 9.17) is 0 Å². The average Bonchev–Trinajstić information content (AvgIpc) is 2.75. The minimum atomic E-state index is -3.82. The van der Waals surface area contributed by atoms with E-state index in [1.807, 2.05) is 43.3 Å². The molecule has 0 unspecified atom stereocenters. The lowest BCUT2D eigenvalue weighted by atomic mass is 10.1. The average molecular weight is 417 g/mol. The van der Waals surface area contributed by atoms with Crippen molar-refractivity contribution in [2.24, 2.45) is 0 Å². The molecule has 0 aliphatic rings. The quantitative estimate of drug-likeness (QED) is 0.497. The second-order valence-electron chi connectivity index (χ2n) is 6.86. The van der Waals surface area contributed by atoms with Crippen LogP contribution in [0.1, 0.15) is 15.9 Å². The molecule has 0 spiro atoms. The maximum Gasteiger partial charge on any atom is 0.261 e. The smallest absolute Gasteiger partial charge is 0.261 e. The van der Waals surface area contributed by atoms with Crippen molar-refractivity contribution in [1.82, 2.24) is 4.98 Å². The van der Waals surface area contributed by atoms with Crippen molar-refractivity contribution in [2.75, 3.05) is 10.0 Å². The molecule has 6 nitrogen and oxygen atoms in total. The molecular weight excluding hydrogens is 398 g/mol.